The second-order valence-electron chi connectivity index (χ2n) is 5.99. The summed E-state index contributed by atoms with van der Waals surface area (Å²) in [7, 11) is 0. The van der Waals surface area contributed by atoms with Crippen molar-refractivity contribution in [2.45, 2.75) is 30.0 Å². The van der Waals surface area contributed by atoms with Crippen LogP contribution in [-0.2, 0) is 5.75 Å². The van der Waals surface area contributed by atoms with Gasteiger partial charge in [-0.2, -0.15) is 0 Å². The SMILES string of the molecule is CC(C)NC(=O)c1ccc(-n2nc(SCc3ccccc3)sc2=S)cc1. The van der Waals surface area contributed by atoms with Crippen molar-refractivity contribution in [3.05, 3.63) is 69.7 Å². The molecule has 4 nitrogen and oxygen atoms in total. The quantitative estimate of drug-likeness (QED) is 0.461. The topological polar surface area (TPSA) is 46.9 Å². The smallest absolute Gasteiger partial charge is 0.251 e. The molecule has 1 heterocycles. The van der Waals surface area contributed by atoms with Gasteiger partial charge in [0.1, 0.15) is 0 Å². The zero-order chi connectivity index (χ0) is 18.5. The van der Waals surface area contributed by atoms with Crippen molar-refractivity contribution in [2.75, 3.05) is 0 Å². The minimum absolute atomic E-state index is 0.0764. The number of carbonyl (C=O) groups excluding carboxylic acids is 1. The zero-order valence-corrected chi connectivity index (χ0v) is 17.0. The van der Waals surface area contributed by atoms with Gasteiger partial charge in [-0.25, -0.2) is 4.68 Å². The van der Waals surface area contributed by atoms with E-state index in [1.807, 2.05) is 44.2 Å². The van der Waals surface area contributed by atoms with Crippen LogP contribution in [-0.4, -0.2) is 21.7 Å². The summed E-state index contributed by atoms with van der Waals surface area (Å²) in [5, 5.41) is 7.49. The van der Waals surface area contributed by atoms with Crippen molar-refractivity contribution in [2.24, 2.45) is 0 Å². The van der Waals surface area contributed by atoms with Gasteiger partial charge in [-0.1, -0.05) is 53.4 Å². The average molecular weight is 402 g/mol. The van der Waals surface area contributed by atoms with E-state index in [-0.39, 0.29) is 11.9 Å². The van der Waals surface area contributed by atoms with Crippen LogP contribution in [0.1, 0.15) is 29.8 Å². The first-order valence-corrected chi connectivity index (χ1v) is 10.4. The summed E-state index contributed by atoms with van der Waals surface area (Å²) in [4.78, 5) is 12.0. The molecule has 0 fully saturated rings. The predicted octanol–water partition coefficient (Wildman–Crippen LogP) is 5.09. The Hall–Kier alpha value is -1.96. The molecule has 0 bridgehead atoms. The lowest BCUT2D eigenvalue weighted by Crippen LogP contribution is -2.29. The van der Waals surface area contributed by atoms with Crippen LogP contribution in [0.3, 0.4) is 0 Å². The van der Waals surface area contributed by atoms with Gasteiger partial charge in [-0.05, 0) is 55.9 Å². The molecule has 3 aromatic rings. The maximum atomic E-state index is 12.0. The van der Waals surface area contributed by atoms with Crippen LogP contribution in [0.4, 0.5) is 0 Å². The first kappa shape index (κ1) is 18.8. The number of aromatic nitrogens is 2. The van der Waals surface area contributed by atoms with Gasteiger partial charge in [0, 0.05) is 17.4 Å². The highest BCUT2D eigenvalue weighted by atomic mass is 32.2. The molecule has 2 aromatic carbocycles. The number of carbonyl (C=O) groups is 1. The Morgan fingerprint density at radius 2 is 1.88 bits per heavy atom. The number of rotatable bonds is 6. The molecule has 0 saturated heterocycles. The van der Waals surface area contributed by atoms with Gasteiger partial charge >= 0.3 is 0 Å². The van der Waals surface area contributed by atoms with Crippen LogP contribution in [0.5, 0.6) is 0 Å². The van der Waals surface area contributed by atoms with E-state index < -0.39 is 0 Å². The fourth-order valence-corrected chi connectivity index (χ4v) is 4.62. The summed E-state index contributed by atoms with van der Waals surface area (Å²) in [6, 6.07) is 17.7. The minimum Gasteiger partial charge on any atom is -0.350 e. The number of nitrogens with zero attached hydrogens (tertiary/aromatic N) is 2. The highest BCUT2D eigenvalue weighted by Gasteiger charge is 2.10. The molecule has 7 heteroatoms. The van der Waals surface area contributed by atoms with E-state index in [0.717, 1.165) is 15.8 Å². The standard InChI is InChI=1S/C19H19N3OS3/c1-13(2)20-17(23)15-8-10-16(11-9-15)22-19(24)26-18(21-22)25-12-14-6-4-3-5-7-14/h3-11,13H,12H2,1-2H3,(H,20,23). The van der Waals surface area contributed by atoms with Crippen LogP contribution in [0.2, 0.25) is 0 Å². The van der Waals surface area contributed by atoms with Crippen molar-refractivity contribution in [1.29, 1.82) is 0 Å². The maximum Gasteiger partial charge on any atom is 0.251 e. The first-order chi connectivity index (χ1) is 12.5. The van der Waals surface area contributed by atoms with Gasteiger partial charge < -0.3 is 5.32 Å². The van der Waals surface area contributed by atoms with E-state index >= 15 is 0 Å². The molecule has 0 aliphatic carbocycles. The Morgan fingerprint density at radius 3 is 2.54 bits per heavy atom. The van der Waals surface area contributed by atoms with Crippen molar-refractivity contribution in [3.8, 4) is 5.69 Å². The first-order valence-electron chi connectivity index (χ1n) is 8.21. The van der Waals surface area contributed by atoms with Crippen LogP contribution in [0.25, 0.3) is 5.69 Å². The van der Waals surface area contributed by atoms with Gasteiger partial charge in [0.05, 0.1) is 5.69 Å². The largest absolute Gasteiger partial charge is 0.350 e. The number of hydrogen-bond donors (Lipinski definition) is 1. The molecule has 1 amide bonds. The van der Waals surface area contributed by atoms with Crippen molar-refractivity contribution >= 4 is 41.2 Å². The summed E-state index contributed by atoms with van der Waals surface area (Å²) >= 11 is 8.63. The average Bonchev–Trinajstić information content (AvgIpc) is 3.01. The molecule has 0 unspecified atom stereocenters. The number of nitrogens with one attached hydrogen (secondary N) is 1. The molecule has 0 atom stereocenters. The third-order valence-electron chi connectivity index (χ3n) is 3.53. The minimum atomic E-state index is -0.0764. The Labute approximate surface area is 166 Å². The number of hydrogen-bond acceptors (Lipinski definition) is 5. The zero-order valence-electron chi connectivity index (χ0n) is 14.5. The van der Waals surface area contributed by atoms with Crippen LogP contribution < -0.4 is 5.32 Å². The van der Waals surface area contributed by atoms with Gasteiger partial charge in [0.15, 0.2) is 8.29 Å². The van der Waals surface area contributed by atoms with Crippen molar-refractivity contribution in [1.82, 2.24) is 15.1 Å². The lowest BCUT2D eigenvalue weighted by Gasteiger charge is -2.08. The van der Waals surface area contributed by atoms with Gasteiger partial charge in [-0.15, -0.1) is 5.10 Å². The van der Waals surface area contributed by atoms with Crippen LogP contribution in [0, 0.1) is 3.95 Å². The molecule has 0 radical (unpaired) electrons. The highest BCUT2D eigenvalue weighted by molar-refractivity contribution is 8.00. The van der Waals surface area contributed by atoms with E-state index in [9.17, 15) is 4.79 Å². The molecule has 3 rings (SSSR count). The summed E-state index contributed by atoms with van der Waals surface area (Å²) in [5.41, 5.74) is 2.74. The van der Waals surface area contributed by atoms with Gasteiger partial charge in [0.2, 0.25) is 0 Å². The van der Waals surface area contributed by atoms with E-state index in [4.69, 9.17) is 12.2 Å². The number of benzene rings is 2. The third kappa shape index (κ3) is 4.81. The number of thioether (sulfide) groups is 1. The lowest BCUT2D eigenvalue weighted by atomic mass is 10.2. The highest BCUT2D eigenvalue weighted by Crippen LogP contribution is 2.27. The molecule has 26 heavy (non-hydrogen) atoms. The Morgan fingerprint density at radius 1 is 1.19 bits per heavy atom. The van der Waals surface area contributed by atoms with Gasteiger partial charge in [0.25, 0.3) is 5.91 Å². The van der Waals surface area contributed by atoms with Crippen molar-refractivity contribution in [3.63, 3.8) is 0 Å². The number of amides is 1. The molecule has 0 aliphatic rings. The fraction of sp³-hybridized carbons (Fsp3) is 0.211. The Balaban J connectivity index is 1.72. The molecule has 134 valence electrons. The van der Waals surface area contributed by atoms with E-state index in [1.54, 1.807) is 28.6 Å². The second-order valence-corrected chi connectivity index (χ2v) is 8.84. The Kier molecular flexibility index (Phi) is 6.24. The predicted molar refractivity (Wildman–Crippen MR) is 111 cm³/mol. The second kappa shape index (κ2) is 8.62. The summed E-state index contributed by atoms with van der Waals surface area (Å²) in [6.07, 6.45) is 0. The van der Waals surface area contributed by atoms with E-state index in [2.05, 4.69) is 22.5 Å². The Bertz CT molecular complexity index is 931. The van der Waals surface area contributed by atoms with Gasteiger partial charge in [-0.3, -0.25) is 4.79 Å². The molecule has 1 N–H and O–H groups in total. The summed E-state index contributed by atoms with van der Waals surface area (Å²) < 4.78 is 3.37. The molecule has 0 saturated carbocycles. The van der Waals surface area contributed by atoms with Crippen molar-refractivity contribution < 1.29 is 4.79 Å². The third-order valence-corrected chi connectivity index (χ3v) is 5.96. The lowest BCUT2D eigenvalue weighted by molar-refractivity contribution is 0.0943. The fourth-order valence-electron chi connectivity index (χ4n) is 2.30. The van der Waals surface area contributed by atoms with E-state index in [1.165, 1.54) is 16.9 Å². The van der Waals surface area contributed by atoms with E-state index in [0.29, 0.717) is 9.52 Å². The molecule has 0 spiro atoms. The molecular formula is C19H19N3OS3. The van der Waals surface area contributed by atoms with Crippen LogP contribution >= 0.6 is 35.3 Å². The molecule has 1 aromatic heterocycles. The molecule has 0 aliphatic heterocycles. The molecular weight excluding hydrogens is 382 g/mol. The maximum absolute atomic E-state index is 12.0. The summed E-state index contributed by atoms with van der Waals surface area (Å²) in [5.74, 6) is 0.782. The summed E-state index contributed by atoms with van der Waals surface area (Å²) in [6.45, 7) is 3.88. The monoisotopic (exact) mass is 401 g/mol. The van der Waals surface area contributed by atoms with Crippen LogP contribution in [0.15, 0.2) is 58.9 Å². The normalized spacial score (nSPS) is 10.9.